The van der Waals surface area contributed by atoms with E-state index in [1.807, 2.05) is 17.7 Å². The first kappa shape index (κ1) is 13.9. The monoisotopic (exact) mass is 239 g/mol. The summed E-state index contributed by atoms with van der Waals surface area (Å²) < 4.78 is 6.89. The second kappa shape index (κ2) is 7.19. The number of carbonyl (C=O) groups excluding carboxylic acids is 1. The highest BCUT2D eigenvalue weighted by Crippen LogP contribution is 2.04. The maximum absolute atomic E-state index is 11.9. The largest absolute Gasteiger partial charge is 0.385 e. The summed E-state index contributed by atoms with van der Waals surface area (Å²) >= 11 is 0. The topological polar surface area (TPSA) is 70.1 Å². The van der Waals surface area contributed by atoms with E-state index in [1.54, 1.807) is 13.3 Å². The molecule has 0 saturated heterocycles. The van der Waals surface area contributed by atoms with E-state index in [2.05, 4.69) is 4.98 Å². The number of aryl methyl sites for hydroxylation is 1. The van der Waals surface area contributed by atoms with Crippen LogP contribution in [0.2, 0.25) is 0 Å². The molecular weight excluding hydrogens is 218 g/mol. The van der Waals surface area contributed by atoms with Crippen molar-refractivity contribution in [3.05, 3.63) is 18.2 Å². The van der Waals surface area contributed by atoms with Gasteiger partial charge in [0, 0.05) is 32.7 Å². The van der Waals surface area contributed by atoms with Crippen molar-refractivity contribution >= 4 is 5.78 Å². The Morgan fingerprint density at radius 3 is 3.06 bits per heavy atom. The van der Waals surface area contributed by atoms with E-state index in [-0.39, 0.29) is 5.78 Å². The maximum Gasteiger partial charge on any atom is 0.157 e. The summed E-state index contributed by atoms with van der Waals surface area (Å²) in [5.74, 6) is 0.835. The van der Waals surface area contributed by atoms with Gasteiger partial charge in [-0.25, -0.2) is 4.98 Å². The summed E-state index contributed by atoms with van der Waals surface area (Å²) in [5.41, 5.74) is 5.82. The molecule has 1 heterocycles. The number of methoxy groups -OCH3 is 1. The van der Waals surface area contributed by atoms with E-state index in [1.165, 1.54) is 0 Å². The second-order valence-corrected chi connectivity index (χ2v) is 4.01. The van der Waals surface area contributed by atoms with E-state index in [0.29, 0.717) is 19.4 Å². The van der Waals surface area contributed by atoms with Gasteiger partial charge in [-0.15, -0.1) is 0 Å². The van der Waals surface area contributed by atoms with E-state index in [0.717, 1.165) is 18.8 Å². The Balaban J connectivity index is 2.43. The van der Waals surface area contributed by atoms with Crippen LogP contribution in [0.1, 0.15) is 25.6 Å². The van der Waals surface area contributed by atoms with Crippen LogP contribution in [0.4, 0.5) is 0 Å². The Kier molecular flexibility index (Phi) is 5.86. The van der Waals surface area contributed by atoms with Crippen molar-refractivity contribution in [1.29, 1.82) is 0 Å². The van der Waals surface area contributed by atoms with Gasteiger partial charge in [0.15, 0.2) is 5.78 Å². The minimum atomic E-state index is -0.410. The number of rotatable bonds is 8. The van der Waals surface area contributed by atoms with E-state index < -0.39 is 6.04 Å². The Morgan fingerprint density at radius 2 is 2.41 bits per heavy atom. The molecule has 5 heteroatoms. The summed E-state index contributed by atoms with van der Waals surface area (Å²) in [6, 6.07) is -0.410. The van der Waals surface area contributed by atoms with Crippen molar-refractivity contribution in [2.45, 2.75) is 38.8 Å². The zero-order valence-corrected chi connectivity index (χ0v) is 10.6. The molecule has 17 heavy (non-hydrogen) atoms. The van der Waals surface area contributed by atoms with Gasteiger partial charge in [0.1, 0.15) is 5.82 Å². The molecule has 0 fully saturated rings. The lowest BCUT2D eigenvalue weighted by Gasteiger charge is -2.10. The molecule has 0 aromatic carbocycles. The highest BCUT2D eigenvalue weighted by Gasteiger charge is 2.15. The second-order valence-electron chi connectivity index (χ2n) is 4.01. The molecule has 5 nitrogen and oxygen atoms in total. The average Bonchev–Trinajstić information content (AvgIpc) is 2.76. The first-order chi connectivity index (χ1) is 8.19. The van der Waals surface area contributed by atoms with E-state index >= 15 is 0 Å². The summed E-state index contributed by atoms with van der Waals surface area (Å²) in [4.78, 5) is 16.0. The molecule has 0 saturated carbocycles. The highest BCUT2D eigenvalue weighted by molar-refractivity contribution is 5.85. The van der Waals surface area contributed by atoms with Crippen LogP contribution in [-0.2, 0) is 22.5 Å². The molecule has 1 atom stereocenters. The minimum absolute atomic E-state index is 0.0435. The van der Waals surface area contributed by atoms with Crippen molar-refractivity contribution in [2.75, 3.05) is 13.7 Å². The SMILES string of the molecule is CCn1ccnc1CC(=O)C(N)CCCOC. The number of ketones is 1. The lowest BCUT2D eigenvalue weighted by Crippen LogP contribution is -2.32. The van der Waals surface area contributed by atoms with Gasteiger partial charge >= 0.3 is 0 Å². The zero-order chi connectivity index (χ0) is 12.7. The summed E-state index contributed by atoms with van der Waals surface area (Å²) in [6.45, 7) is 3.49. The number of hydrogen-bond donors (Lipinski definition) is 1. The first-order valence-corrected chi connectivity index (χ1v) is 5.96. The smallest absolute Gasteiger partial charge is 0.157 e. The fraction of sp³-hybridized carbons (Fsp3) is 0.667. The fourth-order valence-electron chi connectivity index (χ4n) is 1.69. The van der Waals surface area contributed by atoms with Crippen LogP contribution >= 0.6 is 0 Å². The van der Waals surface area contributed by atoms with Crippen LogP contribution in [0.25, 0.3) is 0 Å². The van der Waals surface area contributed by atoms with Crippen LogP contribution in [0.15, 0.2) is 12.4 Å². The molecule has 1 rings (SSSR count). The van der Waals surface area contributed by atoms with Crippen LogP contribution in [0, 0.1) is 0 Å². The molecule has 0 bridgehead atoms. The summed E-state index contributed by atoms with van der Waals surface area (Å²) in [7, 11) is 1.64. The molecule has 96 valence electrons. The molecule has 1 unspecified atom stereocenters. The van der Waals surface area contributed by atoms with Gasteiger partial charge in [0.2, 0.25) is 0 Å². The van der Waals surface area contributed by atoms with Gasteiger partial charge in [0.25, 0.3) is 0 Å². The predicted octanol–water partition coefficient (Wildman–Crippen LogP) is 0.768. The first-order valence-electron chi connectivity index (χ1n) is 5.96. The van der Waals surface area contributed by atoms with E-state index in [9.17, 15) is 4.79 Å². The number of ether oxygens (including phenoxy) is 1. The molecule has 0 aliphatic carbocycles. The third kappa shape index (κ3) is 4.28. The van der Waals surface area contributed by atoms with Gasteiger partial charge in [-0.3, -0.25) is 4.79 Å². The summed E-state index contributed by atoms with van der Waals surface area (Å²) in [5, 5.41) is 0. The van der Waals surface area contributed by atoms with Crippen LogP contribution in [0.3, 0.4) is 0 Å². The molecule has 0 spiro atoms. The number of hydrogen-bond acceptors (Lipinski definition) is 4. The number of carbonyl (C=O) groups is 1. The van der Waals surface area contributed by atoms with Gasteiger partial charge in [-0.1, -0.05) is 0 Å². The van der Waals surface area contributed by atoms with Crippen LogP contribution < -0.4 is 5.73 Å². The van der Waals surface area contributed by atoms with Crippen molar-refractivity contribution in [3.63, 3.8) is 0 Å². The molecule has 2 N–H and O–H groups in total. The van der Waals surface area contributed by atoms with E-state index in [4.69, 9.17) is 10.5 Å². The van der Waals surface area contributed by atoms with Gasteiger partial charge in [-0.2, -0.15) is 0 Å². The molecule has 1 aromatic heterocycles. The molecule has 0 amide bonds. The minimum Gasteiger partial charge on any atom is -0.385 e. The highest BCUT2D eigenvalue weighted by atomic mass is 16.5. The maximum atomic E-state index is 11.9. The van der Waals surface area contributed by atoms with Crippen molar-refractivity contribution in [1.82, 2.24) is 9.55 Å². The van der Waals surface area contributed by atoms with Crippen molar-refractivity contribution in [3.8, 4) is 0 Å². The molecule has 0 aliphatic heterocycles. The fourth-order valence-corrected chi connectivity index (χ4v) is 1.69. The summed E-state index contributed by atoms with van der Waals surface area (Å²) in [6.07, 6.45) is 5.38. The normalized spacial score (nSPS) is 12.6. The molecule has 1 aromatic rings. The number of nitrogens with two attached hydrogens (primary N) is 1. The number of imidazole rings is 1. The lowest BCUT2D eigenvalue weighted by atomic mass is 10.1. The molecule has 0 radical (unpaired) electrons. The van der Waals surface area contributed by atoms with Crippen LogP contribution in [-0.4, -0.2) is 35.1 Å². The van der Waals surface area contributed by atoms with Crippen molar-refractivity contribution in [2.24, 2.45) is 5.73 Å². The predicted molar refractivity (Wildman–Crippen MR) is 65.7 cm³/mol. The Labute approximate surface area is 102 Å². The van der Waals surface area contributed by atoms with Crippen LogP contribution in [0.5, 0.6) is 0 Å². The molecular formula is C12H21N3O2. The average molecular weight is 239 g/mol. The Hall–Kier alpha value is -1.20. The third-order valence-corrected chi connectivity index (χ3v) is 2.75. The Morgan fingerprint density at radius 1 is 1.65 bits per heavy atom. The number of Topliss-reactive ketones (excluding diaryl/α,β-unsaturated/α-hetero) is 1. The molecule has 0 aliphatic rings. The third-order valence-electron chi connectivity index (χ3n) is 2.75. The number of aromatic nitrogens is 2. The lowest BCUT2D eigenvalue weighted by molar-refractivity contribution is -0.120. The van der Waals surface area contributed by atoms with Crippen molar-refractivity contribution < 1.29 is 9.53 Å². The quantitative estimate of drug-likeness (QED) is 0.680. The number of nitrogens with zero attached hydrogens (tertiary/aromatic N) is 2. The van der Waals surface area contributed by atoms with Gasteiger partial charge in [-0.05, 0) is 19.8 Å². The van der Waals surface area contributed by atoms with Gasteiger partial charge < -0.3 is 15.0 Å². The zero-order valence-electron chi connectivity index (χ0n) is 10.6. The standard InChI is InChI=1S/C12H21N3O2/c1-3-15-7-6-14-12(15)9-11(16)10(13)5-4-8-17-2/h6-7,10H,3-5,8-9,13H2,1-2H3. The Bertz CT molecular complexity index is 349. The van der Waals surface area contributed by atoms with Gasteiger partial charge in [0.05, 0.1) is 12.5 Å².